The van der Waals surface area contributed by atoms with Gasteiger partial charge in [-0.2, -0.15) is 5.26 Å². The van der Waals surface area contributed by atoms with Crippen molar-refractivity contribution < 1.29 is 23.8 Å². The van der Waals surface area contributed by atoms with Gasteiger partial charge in [0.05, 0.1) is 13.7 Å². The van der Waals surface area contributed by atoms with Crippen LogP contribution in [0.5, 0.6) is 17.2 Å². The number of rotatable bonds is 11. The summed E-state index contributed by atoms with van der Waals surface area (Å²) in [5, 5.41) is 12.4. The molecule has 0 spiro atoms. The molecule has 0 bridgehead atoms. The van der Waals surface area contributed by atoms with Gasteiger partial charge in [0.25, 0.3) is 5.91 Å². The van der Waals surface area contributed by atoms with E-state index in [0.717, 1.165) is 0 Å². The van der Waals surface area contributed by atoms with Crippen molar-refractivity contribution in [3.8, 4) is 23.3 Å². The number of ether oxygens (including phenoxy) is 3. The molecule has 0 radical (unpaired) electrons. The number of nitriles is 1. The molecule has 0 aromatic heterocycles. The van der Waals surface area contributed by atoms with E-state index in [0.29, 0.717) is 35.1 Å². The summed E-state index contributed by atoms with van der Waals surface area (Å²) < 4.78 is 16.2. The zero-order valence-corrected chi connectivity index (χ0v) is 18.4. The van der Waals surface area contributed by atoms with Gasteiger partial charge >= 0.3 is 5.97 Å². The van der Waals surface area contributed by atoms with Gasteiger partial charge in [0.2, 0.25) is 0 Å². The quantitative estimate of drug-likeness (QED) is 0.135. The summed E-state index contributed by atoms with van der Waals surface area (Å²) in [6.45, 7) is 4.11. The first-order valence-electron chi connectivity index (χ1n) is 9.74. The van der Waals surface area contributed by atoms with Crippen LogP contribution in [-0.2, 0) is 9.59 Å². The van der Waals surface area contributed by atoms with Gasteiger partial charge in [-0.15, -0.1) is 6.58 Å². The van der Waals surface area contributed by atoms with Crippen LogP contribution in [0.1, 0.15) is 18.4 Å². The molecule has 166 valence electrons. The third-order valence-corrected chi connectivity index (χ3v) is 4.35. The number of nitrogens with one attached hydrogen (secondary N) is 1. The second kappa shape index (κ2) is 12.8. The Balaban J connectivity index is 1.93. The van der Waals surface area contributed by atoms with E-state index in [9.17, 15) is 14.9 Å². The second-order valence-electron chi connectivity index (χ2n) is 6.46. The predicted octanol–water partition coefficient (Wildman–Crippen LogP) is 4.32. The van der Waals surface area contributed by atoms with E-state index >= 15 is 0 Å². The first-order chi connectivity index (χ1) is 15.5. The molecule has 0 atom stereocenters. The number of halogens is 1. The van der Waals surface area contributed by atoms with Crippen LogP contribution in [0.3, 0.4) is 0 Å². The number of hydrogen-bond donors (Lipinski definition) is 1. The van der Waals surface area contributed by atoms with E-state index in [2.05, 4.69) is 11.9 Å². The van der Waals surface area contributed by atoms with Crippen LogP contribution >= 0.6 is 11.6 Å². The van der Waals surface area contributed by atoms with Crippen molar-refractivity contribution >= 4 is 29.6 Å². The molecule has 0 aliphatic carbocycles. The van der Waals surface area contributed by atoms with E-state index in [4.69, 9.17) is 25.8 Å². The third kappa shape index (κ3) is 7.82. The summed E-state index contributed by atoms with van der Waals surface area (Å²) in [6.07, 6.45) is 3.56. The Morgan fingerprint density at radius 3 is 2.59 bits per heavy atom. The molecule has 0 saturated heterocycles. The first-order valence-corrected chi connectivity index (χ1v) is 10.1. The summed E-state index contributed by atoms with van der Waals surface area (Å²) in [5.41, 5.74) is 0.475. The number of carbonyl (C=O) groups is 2. The Labute approximate surface area is 191 Å². The zero-order chi connectivity index (χ0) is 23.3. The average Bonchev–Trinajstić information content (AvgIpc) is 2.80. The van der Waals surface area contributed by atoms with E-state index in [1.165, 1.54) is 19.3 Å². The van der Waals surface area contributed by atoms with Gasteiger partial charge in [-0.25, -0.2) is 0 Å². The van der Waals surface area contributed by atoms with Crippen molar-refractivity contribution in [1.82, 2.24) is 5.32 Å². The maximum Gasteiger partial charge on any atom is 0.311 e. The summed E-state index contributed by atoms with van der Waals surface area (Å²) in [5.74, 6) is 0.259. The monoisotopic (exact) mass is 454 g/mol. The van der Waals surface area contributed by atoms with E-state index in [1.807, 2.05) is 6.07 Å². The molecular weight excluding hydrogens is 432 g/mol. The van der Waals surface area contributed by atoms with Crippen LogP contribution < -0.4 is 19.5 Å². The van der Waals surface area contributed by atoms with Crippen molar-refractivity contribution in [2.45, 2.75) is 12.8 Å². The Morgan fingerprint density at radius 2 is 1.94 bits per heavy atom. The first kappa shape index (κ1) is 24.5. The Kier molecular flexibility index (Phi) is 9.82. The SMILES string of the molecule is C=CCNC(=O)/C(C#N)=C/c1ccc(OC(=O)CCCOc2ccc(Cl)cc2)c(OC)c1. The Hall–Kier alpha value is -3.76. The molecular formula is C24H23ClN2O5. The summed E-state index contributed by atoms with van der Waals surface area (Å²) in [6, 6.07) is 13.5. The maximum absolute atomic E-state index is 12.2. The van der Waals surface area contributed by atoms with E-state index < -0.39 is 11.9 Å². The van der Waals surface area contributed by atoms with Crippen molar-refractivity contribution in [3.63, 3.8) is 0 Å². The van der Waals surface area contributed by atoms with Gasteiger partial charge in [0.15, 0.2) is 11.5 Å². The molecule has 2 aromatic carbocycles. The third-order valence-electron chi connectivity index (χ3n) is 4.10. The largest absolute Gasteiger partial charge is 0.494 e. The van der Waals surface area contributed by atoms with Gasteiger partial charge in [0.1, 0.15) is 17.4 Å². The lowest BCUT2D eigenvalue weighted by Crippen LogP contribution is -2.24. The maximum atomic E-state index is 12.2. The number of amides is 1. The van der Waals surface area contributed by atoms with Crippen LogP contribution in [0.25, 0.3) is 6.08 Å². The highest BCUT2D eigenvalue weighted by atomic mass is 35.5. The topological polar surface area (TPSA) is 97.7 Å². The van der Waals surface area contributed by atoms with Crippen molar-refractivity contribution in [2.75, 3.05) is 20.3 Å². The van der Waals surface area contributed by atoms with Crippen LogP contribution in [0.15, 0.2) is 60.7 Å². The summed E-state index contributed by atoms with van der Waals surface area (Å²) in [4.78, 5) is 24.1. The molecule has 0 heterocycles. The molecule has 1 N–H and O–H groups in total. The molecule has 7 nitrogen and oxygen atoms in total. The number of hydrogen-bond acceptors (Lipinski definition) is 6. The summed E-state index contributed by atoms with van der Waals surface area (Å²) in [7, 11) is 1.43. The average molecular weight is 455 g/mol. The number of carbonyl (C=O) groups excluding carboxylic acids is 2. The minimum absolute atomic E-state index is 0.0701. The minimum atomic E-state index is -0.511. The van der Waals surface area contributed by atoms with Crippen LogP contribution in [0.2, 0.25) is 5.02 Å². The molecule has 8 heteroatoms. The summed E-state index contributed by atoms with van der Waals surface area (Å²) >= 11 is 5.82. The number of methoxy groups -OCH3 is 1. The van der Waals surface area contributed by atoms with Gasteiger partial charge in [-0.3, -0.25) is 9.59 Å². The van der Waals surface area contributed by atoms with Crippen molar-refractivity contribution in [2.24, 2.45) is 0 Å². The van der Waals surface area contributed by atoms with Crippen LogP contribution in [0.4, 0.5) is 0 Å². The molecule has 32 heavy (non-hydrogen) atoms. The second-order valence-corrected chi connectivity index (χ2v) is 6.90. The van der Waals surface area contributed by atoms with Gasteiger partial charge < -0.3 is 19.5 Å². The number of benzene rings is 2. The fourth-order valence-electron chi connectivity index (χ4n) is 2.54. The van der Waals surface area contributed by atoms with Crippen LogP contribution in [-0.4, -0.2) is 32.1 Å². The van der Waals surface area contributed by atoms with Crippen molar-refractivity contribution in [1.29, 1.82) is 5.26 Å². The highest BCUT2D eigenvalue weighted by Crippen LogP contribution is 2.29. The highest BCUT2D eigenvalue weighted by Gasteiger charge is 2.13. The molecule has 0 aliphatic rings. The molecule has 2 aromatic rings. The molecule has 0 saturated carbocycles. The highest BCUT2D eigenvalue weighted by molar-refractivity contribution is 6.30. The minimum Gasteiger partial charge on any atom is -0.494 e. The fraction of sp³-hybridized carbons (Fsp3) is 0.208. The predicted molar refractivity (Wildman–Crippen MR) is 122 cm³/mol. The van der Waals surface area contributed by atoms with Crippen molar-refractivity contribution in [3.05, 3.63) is 71.3 Å². The van der Waals surface area contributed by atoms with Crippen LogP contribution in [0, 0.1) is 11.3 Å². The standard InChI is InChI=1S/C24H23ClN2O5/c1-3-12-27-24(29)18(16-26)14-17-6-11-21(22(15-17)30-2)32-23(28)5-4-13-31-20-9-7-19(25)8-10-20/h3,6-11,14-15H,1,4-5,12-13H2,2H3,(H,27,29)/b18-14+. The fourth-order valence-corrected chi connectivity index (χ4v) is 2.67. The Bertz CT molecular complexity index is 1030. The van der Waals surface area contributed by atoms with Gasteiger partial charge in [0, 0.05) is 18.0 Å². The smallest absolute Gasteiger partial charge is 0.311 e. The molecule has 0 fully saturated rings. The molecule has 0 unspecified atom stereocenters. The van der Waals surface area contributed by atoms with Gasteiger partial charge in [-0.1, -0.05) is 23.7 Å². The number of nitrogens with zero attached hydrogens (tertiary/aromatic N) is 1. The zero-order valence-electron chi connectivity index (χ0n) is 17.6. The Morgan fingerprint density at radius 1 is 1.19 bits per heavy atom. The lowest BCUT2D eigenvalue weighted by Gasteiger charge is -2.10. The molecule has 2 rings (SSSR count). The molecule has 0 aliphatic heterocycles. The van der Waals surface area contributed by atoms with E-state index in [1.54, 1.807) is 42.5 Å². The van der Waals surface area contributed by atoms with Gasteiger partial charge in [-0.05, 0) is 54.5 Å². The van der Waals surface area contributed by atoms with E-state index in [-0.39, 0.29) is 24.3 Å². The normalized spacial score (nSPS) is 10.6. The molecule has 1 amide bonds. The lowest BCUT2D eigenvalue weighted by molar-refractivity contribution is -0.134. The number of esters is 1. The lowest BCUT2D eigenvalue weighted by atomic mass is 10.1.